The SMILES string of the molecule is CCOC(=O)C[C@@H](N)c1cc(OC)ccc1OC. The Bertz CT molecular complexity index is 406. The second-order valence-electron chi connectivity index (χ2n) is 3.72. The van der Waals surface area contributed by atoms with Gasteiger partial charge in [0, 0.05) is 11.6 Å². The molecule has 0 bridgehead atoms. The van der Waals surface area contributed by atoms with Crippen LogP contribution in [0.5, 0.6) is 11.5 Å². The van der Waals surface area contributed by atoms with Crippen molar-refractivity contribution in [3.8, 4) is 11.5 Å². The van der Waals surface area contributed by atoms with E-state index in [1.54, 1.807) is 39.3 Å². The number of hydrogen-bond donors (Lipinski definition) is 1. The van der Waals surface area contributed by atoms with Crippen molar-refractivity contribution in [2.24, 2.45) is 5.73 Å². The highest BCUT2D eigenvalue weighted by atomic mass is 16.5. The number of esters is 1. The lowest BCUT2D eigenvalue weighted by Crippen LogP contribution is -2.18. The Balaban J connectivity index is 2.88. The first-order valence-corrected chi connectivity index (χ1v) is 5.75. The molecule has 0 saturated heterocycles. The van der Waals surface area contributed by atoms with Gasteiger partial charge < -0.3 is 19.9 Å². The molecule has 0 fully saturated rings. The Morgan fingerprint density at radius 2 is 2.06 bits per heavy atom. The molecule has 0 aliphatic heterocycles. The predicted molar refractivity (Wildman–Crippen MR) is 67.7 cm³/mol. The molecule has 0 aliphatic carbocycles. The van der Waals surface area contributed by atoms with Gasteiger partial charge in [0.15, 0.2) is 0 Å². The maximum atomic E-state index is 11.4. The van der Waals surface area contributed by atoms with Crippen molar-refractivity contribution in [1.82, 2.24) is 0 Å². The first-order valence-electron chi connectivity index (χ1n) is 5.75. The molecule has 0 saturated carbocycles. The quantitative estimate of drug-likeness (QED) is 0.781. The summed E-state index contributed by atoms with van der Waals surface area (Å²) in [6.07, 6.45) is 0.108. The fraction of sp³-hybridized carbons (Fsp3) is 0.462. The summed E-state index contributed by atoms with van der Waals surface area (Å²) in [4.78, 5) is 11.4. The Hall–Kier alpha value is -1.75. The van der Waals surface area contributed by atoms with Gasteiger partial charge >= 0.3 is 5.97 Å². The lowest BCUT2D eigenvalue weighted by atomic mass is 10.0. The molecule has 0 radical (unpaired) electrons. The topological polar surface area (TPSA) is 70.8 Å². The monoisotopic (exact) mass is 253 g/mol. The van der Waals surface area contributed by atoms with Crippen LogP contribution in [0.3, 0.4) is 0 Å². The van der Waals surface area contributed by atoms with E-state index in [0.717, 1.165) is 5.56 Å². The summed E-state index contributed by atoms with van der Waals surface area (Å²) in [5, 5.41) is 0. The second kappa shape index (κ2) is 6.86. The van der Waals surface area contributed by atoms with Crippen molar-refractivity contribution >= 4 is 5.97 Å². The van der Waals surface area contributed by atoms with E-state index >= 15 is 0 Å². The number of rotatable bonds is 6. The normalized spacial score (nSPS) is 11.8. The third-order valence-electron chi connectivity index (χ3n) is 2.53. The highest BCUT2D eigenvalue weighted by Crippen LogP contribution is 2.29. The van der Waals surface area contributed by atoms with Crippen LogP contribution in [0, 0.1) is 0 Å². The third-order valence-corrected chi connectivity index (χ3v) is 2.53. The third kappa shape index (κ3) is 3.63. The van der Waals surface area contributed by atoms with Gasteiger partial charge in [0.05, 0.1) is 27.2 Å². The van der Waals surface area contributed by atoms with E-state index < -0.39 is 6.04 Å². The summed E-state index contributed by atoms with van der Waals surface area (Å²) in [6.45, 7) is 2.11. The van der Waals surface area contributed by atoms with E-state index in [4.69, 9.17) is 19.9 Å². The number of carbonyl (C=O) groups excluding carboxylic acids is 1. The van der Waals surface area contributed by atoms with E-state index in [2.05, 4.69) is 0 Å². The molecule has 0 unspecified atom stereocenters. The molecule has 5 heteroatoms. The van der Waals surface area contributed by atoms with E-state index in [1.165, 1.54) is 0 Å². The molecule has 1 atom stereocenters. The fourth-order valence-corrected chi connectivity index (χ4v) is 1.64. The van der Waals surface area contributed by atoms with E-state index in [1.807, 2.05) is 0 Å². The zero-order valence-corrected chi connectivity index (χ0v) is 10.9. The molecular formula is C13H19NO4. The zero-order chi connectivity index (χ0) is 13.5. The maximum absolute atomic E-state index is 11.4. The zero-order valence-electron chi connectivity index (χ0n) is 10.9. The number of methoxy groups -OCH3 is 2. The van der Waals surface area contributed by atoms with Gasteiger partial charge in [-0.15, -0.1) is 0 Å². The van der Waals surface area contributed by atoms with Gasteiger partial charge in [-0.1, -0.05) is 0 Å². The van der Waals surface area contributed by atoms with Crippen molar-refractivity contribution in [3.63, 3.8) is 0 Å². The molecule has 1 rings (SSSR count). The standard InChI is InChI=1S/C13H19NO4/c1-4-18-13(15)8-11(14)10-7-9(16-2)5-6-12(10)17-3/h5-7,11H,4,8,14H2,1-3H3/t11-/m1/s1. The summed E-state index contributed by atoms with van der Waals surface area (Å²) < 4.78 is 15.2. The van der Waals surface area contributed by atoms with Crippen LogP contribution in [0.2, 0.25) is 0 Å². The minimum Gasteiger partial charge on any atom is -0.497 e. The summed E-state index contributed by atoms with van der Waals surface area (Å²) in [5.41, 5.74) is 6.72. The lowest BCUT2D eigenvalue weighted by molar-refractivity contribution is -0.143. The first-order chi connectivity index (χ1) is 8.62. The van der Waals surface area contributed by atoms with Crippen LogP contribution in [0.1, 0.15) is 24.9 Å². The molecule has 18 heavy (non-hydrogen) atoms. The molecule has 0 aromatic heterocycles. The van der Waals surface area contributed by atoms with Crippen molar-refractivity contribution in [2.45, 2.75) is 19.4 Å². The average molecular weight is 253 g/mol. The predicted octanol–water partition coefficient (Wildman–Crippen LogP) is 1.66. The van der Waals surface area contributed by atoms with Crippen molar-refractivity contribution < 1.29 is 19.0 Å². The van der Waals surface area contributed by atoms with Gasteiger partial charge in [-0.3, -0.25) is 4.79 Å². The van der Waals surface area contributed by atoms with Crippen LogP contribution in [0.25, 0.3) is 0 Å². The van der Waals surface area contributed by atoms with Crippen LogP contribution in [0.15, 0.2) is 18.2 Å². The van der Waals surface area contributed by atoms with Crippen LogP contribution in [-0.4, -0.2) is 26.8 Å². The molecule has 1 aromatic rings. The molecule has 0 spiro atoms. The molecule has 0 amide bonds. The number of nitrogens with two attached hydrogens (primary N) is 1. The second-order valence-corrected chi connectivity index (χ2v) is 3.72. The van der Waals surface area contributed by atoms with E-state index in [0.29, 0.717) is 18.1 Å². The fourth-order valence-electron chi connectivity index (χ4n) is 1.64. The molecule has 100 valence electrons. The largest absolute Gasteiger partial charge is 0.497 e. The Morgan fingerprint density at radius 3 is 2.61 bits per heavy atom. The van der Waals surface area contributed by atoms with Gasteiger partial charge in [-0.05, 0) is 25.1 Å². The van der Waals surface area contributed by atoms with Crippen molar-refractivity contribution in [2.75, 3.05) is 20.8 Å². The smallest absolute Gasteiger partial charge is 0.307 e. The highest BCUT2D eigenvalue weighted by molar-refractivity contribution is 5.70. The van der Waals surface area contributed by atoms with E-state index in [9.17, 15) is 4.79 Å². The number of carbonyl (C=O) groups is 1. The summed E-state index contributed by atoms with van der Waals surface area (Å²) in [6, 6.07) is 4.83. The van der Waals surface area contributed by atoms with Crippen LogP contribution < -0.4 is 15.2 Å². The number of benzene rings is 1. The molecule has 2 N–H and O–H groups in total. The van der Waals surface area contributed by atoms with Crippen molar-refractivity contribution in [3.05, 3.63) is 23.8 Å². The van der Waals surface area contributed by atoms with Gasteiger partial charge in [0.2, 0.25) is 0 Å². The average Bonchev–Trinajstić information content (AvgIpc) is 2.38. The minimum absolute atomic E-state index is 0.108. The number of hydrogen-bond acceptors (Lipinski definition) is 5. The maximum Gasteiger partial charge on any atom is 0.307 e. The Morgan fingerprint density at radius 1 is 1.33 bits per heavy atom. The highest BCUT2D eigenvalue weighted by Gasteiger charge is 2.17. The summed E-state index contributed by atoms with van der Waals surface area (Å²) in [7, 11) is 3.13. The van der Waals surface area contributed by atoms with Gasteiger partial charge in [-0.2, -0.15) is 0 Å². The summed E-state index contributed by atoms with van der Waals surface area (Å²) >= 11 is 0. The Labute approximate surface area is 107 Å². The first kappa shape index (κ1) is 14.3. The Kier molecular flexibility index (Phi) is 5.45. The van der Waals surface area contributed by atoms with Crippen LogP contribution >= 0.6 is 0 Å². The van der Waals surface area contributed by atoms with Crippen LogP contribution in [0.4, 0.5) is 0 Å². The molecule has 5 nitrogen and oxygen atoms in total. The molecular weight excluding hydrogens is 234 g/mol. The molecule has 0 heterocycles. The van der Waals surface area contributed by atoms with Crippen LogP contribution in [-0.2, 0) is 9.53 Å². The molecule has 0 aliphatic rings. The van der Waals surface area contributed by atoms with Crippen molar-refractivity contribution in [1.29, 1.82) is 0 Å². The lowest BCUT2D eigenvalue weighted by Gasteiger charge is -2.16. The van der Waals surface area contributed by atoms with Gasteiger partial charge in [-0.25, -0.2) is 0 Å². The van der Waals surface area contributed by atoms with E-state index in [-0.39, 0.29) is 12.4 Å². The minimum atomic E-state index is -0.478. The van der Waals surface area contributed by atoms with Gasteiger partial charge in [0.1, 0.15) is 11.5 Å². The number of ether oxygens (including phenoxy) is 3. The molecule has 1 aromatic carbocycles. The summed E-state index contributed by atoms with van der Waals surface area (Å²) in [5.74, 6) is 0.979. The van der Waals surface area contributed by atoms with Gasteiger partial charge in [0.25, 0.3) is 0 Å².